The summed E-state index contributed by atoms with van der Waals surface area (Å²) in [6.45, 7) is 2.17. The first-order valence-electron chi connectivity index (χ1n) is 9.94. The minimum absolute atomic E-state index is 0.131. The van der Waals surface area contributed by atoms with Gasteiger partial charge in [0, 0.05) is 37.1 Å². The van der Waals surface area contributed by atoms with Crippen molar-refractivity contribution in [1.82, 2.24) is 9.80 Å². The van der Waals surface area contributed by atoms with Gasteiger partial charge in [-0.05, 0) is 51.2 Å². The topological polar surface area (TPSA) is 85.4 Å². The third kappa shape index (κ3) is 4.71. The van der Waals surface area contributed by atoms with Gasteiger partial charge in [-0.25, -0.2) is 4.79 Å². The summed E-state index contributed by atoms with van der Waals surface area (Å²) in [5.41, 5.74) is 2.36. The van der Waals surface area contributed by atoms with Gasteiger partial charge in [-0.3, -0.25) is 4.79 Å². The van der Waals surface area contributed by atoms with Crippen molar-refractivity contribution < 1.29 is 19.4 Å². The molecule has 0 aliphatic carbocycles. The van der Waals surface area contributed by atoms with Crippen LogP contribution in [0.5, 0.6) is 0 Å². The number of methoxy groups -OCH3 is 1. The number of hydrogen-bond donors (Lipinski definition) is 2. The number of hydrogen-bond acceptors (Lipinski definition) is 7. The van der Waals surface area contributed by atoms with Crippen LogP contribution in [-0.4, -0.2) is 86.8 Å². The SMILES string of the molecule is COC(=O)C1=C(Nc2ccc(N3CCCC(N(C)C)C3)cc2)C(=O)N(CCO)C1. The molecular weight excluding hydrogens is 372 g/mol. The van der Waals surface area contributed by atoms with Crippen LogP contribution >= 0.6 is 0 Å². The van der Waals surface area contributed by atoms with Crippen molar-refractivity contribution >= 4 is 23.3 Å². The predicted molar refractivity (Wildman–Crippen MR) is 112 cm³/mol. The smallest absolute Gasteiger partial charge is 0.337 e. The second-order valence-corrected chi connectivity index (χ2v) is 7.67. The average molecular weight is 402 g/mol. The van der Waals surface area contributed by atoms with E-state index in [2.05, 4.69) is 29.2 Å². The molecule has 0 bridgehead atoms. The zero-order valence-electron chi connectivity index (χ0n) is 17.4. The molecule has 1 saturated heterocycles. The number of likely N-dealkylation sites (N-methyl/N-ethyl adjacent to an activating group) is 1. The molecule has 0 saturated carbocycles. The second-order valence-electron chi connectivity index (χ2n) is 7.67. The number of nitrogens with zero attached hydrogens (tertiary/aromatic N) is 3. The van der Waals surface area contributed by atoms with Crippen molar-refractivity contribution in [3.05, 3.63) is 35.5 Å². The molecule has 8 nitrogen and oxygen atoms in total. The first kappa shape index (κ1) is 21.1. The van der Waals surface area contributed by atoms with Crippen molar-refractivity contribution in [2.45, 2.75) is 18.9 Å². The molecule has 2 aliphatic rings. The highest BCUT2D eigenvalue weighted by Crippen LogP contribution is 2.26. The van der Waals surface area contributed by atoms with Crippen molar-refractivity contribution in [1.29, 1.82) is 0 Å². The number of rotatable bonds is 7. The van der Waals surface area contributed by atoms with E-state index in [1.54, 1.807) is 0 Å². The molecule has 0 radical (unpaired) electrons. The monoisotopic (exact) mass is 402 g/mol. The van der Waals surface area contributed by atoms with E-state index >= 15 is 0 Å². The van der Waals surface area contributed by atoms with Crippen LogP contribution in [0.1, 0.15) is 12.8 Å². The zero-order chi connectivity index (χ0) is 21.0. The molecule has 29 heavy (non-hydrogen) atoms. The Morgan fingerprint density at radius 3 is 2.66 bits per heavy atom. The number of aliphatic hydroxyl groups excluding tert-OH is 1. The number of piperidine rings is 1. The number of ether oxygens (including phenoxy) is 1. The van der Waals surface area contributed by atoms with Crippen molar-refractivity contribution in [3.8, 4) is 0 Å². The highest BCUT2D eigenvalue weighted by molar-refractivity contribution is 6.08. The number of nitrogens with one attached hydrogen (secondary N) is 1. The number of anilines is 2. The van der Waals surface area contributed by atoms with E-state index in [4.69, 9.17) is 9.84 Å². The van der Waals surface area contributed by atoms with E-state index in [-0.39, 0.29) is 36.9 Å². The summed E-state index contributed by atoms with van der Waals surface area (Å²) in [4.78, 5) is 30.8. The molecule has 1 fully saturated rings. The zero-order valence-corrected chi connectivity index (χ0v) is 17.4. The number of benzene rings is 1. The Morgan fingerprint density at radius 1 is 1.31 bits per heavy atom. The highest BCUT2D eigenvalue weighted by atomic mass is 16.5. The Kier molecular flexibility index (Phi) is 6.76. The molecule has 1 aromatic carbocycles. The van der Waals surface area contributed by atoms with Gasteiger partial charge >= 0.3 is 5.97 Å². The third-order valence-electron chi connectivity index (χ3n) is 5.58. The molecule has 3 rings (SSSR count). The first-order chi connectivity index (χ1) is 13.9. The van der Waals surface area contributed by atoms with Crippen molar-refractivity contribution in [2.24, 2.45) is 0 Å². The van der Waals surface area contributed by atoms with Gasteiger partial charge in [0.15, 0.2) is 0 Å². The summed E-state index contributed by atoms with van der Waals surface area (Å²) in [5, 5.41) is 12.2. The lowest BCUT2D eigenvalue weighted by Gasteiger charge is -2.37. The molecule has 1 unspecified atom stereocenters. The van der Waals surface area contributed by atoms with E-state index in [0.717, 1.165) is 30.9 Å². The number of esters is 1. The molecule has 8 heteroatoms. The minimum Gasteiger partial charge on any atom is -0.466 e. The molecule has 2 N–H and O–H groups in total. The van der Waals surface area contributed by atoms with E-state index < -0.39 is 5.97 Å². The number of amides is 1. The number of carbonyl (C=O) groups is 2. The summed E-state index contributed by atoms with van der Waals surface area (Å²) in [6.07, 6.45) is 2.37. The largest absolute Gasteiger partial charge is 0.466 e. The highest BCUT2D eigenvalue weighted by Gasteiger charge is 2.34. The van der Waals surface area contributed by atoms with Crippen LogP contribution in [-0.2, 0) is 14.3 Å². The number of aliphatic hydroxyl groups is 1. The molecule has 2 heterocycles. The van der Waals surface area contributed by atoms with Gasteiger partial charge in [-0.2, -0.15) is 0 Å². The van der Waals surface area contributed by atoms with E-state index in [9.17, 15) is 9.59 Å². The van der Waals surface area contributed by atoms with E-state index in [0.29, 0.717) is 6.04 Å². The lowest BCUT2D eigenvalue weighted by molar-refractivity contribution is -0.136. The fraction of sp³-hybridized carbons (Fsp3) is 0.524. The maximum atomic E-state index is 12.6. The standard InChI is InChI=1S/C21H30N4O4/c1-23(2)17-5-4-10-24(13-17)16-8-6-15(7-9-16)22-19-18(21(28)29-3)14-25(11-12-26)20(19)27/h6-9,17,22,26H,4-5,10-14H2,1-3H3. The molecule has 158 valence electrons. The summed E-state index contributed by atoms with van der Waals surface area (Å²) < 4.78 is 4.82. The molecule has 1 aromatic rings. The lowest BCUT2D eigenvalue weighted by Crippen LogP contribution is -2.45. The summed E-state index contributed by atoms with van der Waals surface area (Å²) in [5.74, 6) is -0.852. The van der Waals surface area contributed by atoms with Gasteiger partial charge in [0.1, 0.15) is 5.70 Å². The molecular formula is C21H30N4O4. The lowest BCUT2D eigenvalue weighted by atomic mass is 10.0. The maximum absolute atomic E-state index is 12.6. The Morgan fingerprint density at radius 2 is 2.03 bits per heavy atom. The van der Waals surface area contributed by atoms with Gasteiger partial charge in [-0.15, -0.1) is 0 Å². The van der Waals surface area contributed by atoms with Crippen LogP contribution in [0, 0.1) is 0 Å². The summed E-state index contributed by atoms with van der Waals surface area (Å²) in [6, 6.07) is 8.44. The third-order valence-corrected chi connectivity index (χ3v) is 5.58. The quantitative estimate of drug-likeness (QED) is 0.655. The predicted octanol–water partition coefficient (Wildman–Crippen LogP) is 0.891. The molecule has 1 amide bonds. The van der Waals surface area contributed by atoms with Gasteiger partial charge < -0.3 is 29.9 Å². The molecule has 0 spiro atoms. The van der Waals surface area contributed by atoms with E-state index in [1.807, 2.05) is 24.3 Å². The Labute approximate surface area is 171 Å². The van der Waals surface area contributed by atoms with Crippen molar-refractivity contribution in [3.63, 3.8) is 0 Å². The number of β-amino-alcohol motifs (C(OH)–C–C–N with tert-alkyl or cyclic N) is 1. The van der Waals surface area contributed by atoms with Gasteiger partial charge in [0.25, 0.3) is 5.91 Å². The Bertz CT molecular complexity index is 775. The van der Waals surface area contributed by atoms with E-state index in [1.165, 1.54) is 18.4 Å². The van der Waals surface area contributed by atoms with Crippen LogP contribution in [0.15, 0.2) is 35.5 Å². The summed E-state index contributed by atoms with van der Waals surface area (Å²) >= 11 is 0. The number of carbonyl (C=O) groups excluding carboxylic acids is 2. The second kappa shape index (κ2) is 9.28. The molecule has 2 aliphatic heterocycles. The first-order valence-corrected chi connectivity index (χ1v) is 9.94. The normalized spacial score (nSPS) is 19.9. The van der Waals surface area contributed by atoms with Crippen LogP contribution < -0.4 is 10.2 Å². The van der Waals surface area contributed by atoms with Crippen LogP contribution in [0.25, 0.3) is 0 Å². The molecule has 1 atom stereocenters. The van der Waals surface area contributed by atoms with Crippen LogP contribution in [0.4, 0.5) is 11.4 Å². The fourth-order valence-electron chi connectivity index (χ4n) is 3.86. The summed E-state index contributed by atoms with van der Waals surface area (Å²) in [7, 11) is 5.53. The van der Waals surface area contributed by atoms with Crippen LogP contribution in [0.3, 0.4) is 0 Å². The minimum atomic E-state index is -0.541. The van der Waals surface area contributed by atoms with Gasteiger partial charge in [0.05, 0.1) is 25.8 Å². The maximum Gasteiger partial charge on any atom is 0.337 e. The Balaban J connectivity index is 1.74. The van der Waals surface area contributed by atoms with Gasteiger partial charge in [0.2, 0.25) is 0 Å². The fourth-order valence-corrected chi connectivity index (χ4v) is 3.86. The molecule has 0 aromatic heterocycles. The average Bonchev–Trinajstić information content (AvgIpc) is 3.04. The van der Waals surface area contributed by atoms with Crippen LogP contribution in [0.2, 0.25) is 0 Å². The Hall–Kier alpha value is -2.58. The van der Waals surface area contributed by atoms with Gasteiger partial charge in [-0.1, -0.05) is 0 Å². The van der Waals surface area contributed by atoms with Crippen molar-refractivity contribution in [2.75, 3.05) is 64.2 Å².